The van der Waals surface area contributed by atoms with Crippen molar-refractivity contribution in [2.75, 3.05) is 0 Å². The van der Waals surface area contributed by atoms with Crippen LogP contribution in [0.2, 0.25) is 0 Å². The van der Waals surface area contributed by atoms with Crippen molar-refractivity contribution >= 4 is 10.9 Å². The fourth-order valence-corrected chi connectivity index (χ4v) is 2.34. The van der Waals surface area contributed by atoms with Crippen LogP contribution in [0.25, 0.3) is 10.9 Å². The molecule has 0 saturated carbocycles. The fourth-order valence-electron chi connectivity index (χ4n) is 2.34. The smallest absolute Gasteiger partial charge is 0.0456 e. The predicted octanol–water partition coefficient (Wildman–Crippen LogP) is 1.98. The number of aromatic amines is 1. The van der Waals surface area contributed by atoms with Gasteiger partial charge in [-0.3, -0.25) is 0 Å². The van der Waals surface area contributed by atoms with Crippen LogP contribution >= 0.6 is 0 Å². The average molecular weight is 186 g/mol. The minimum atomic E-state index is 0.356. The van der Waals surface area contributed by atoms with Gasteiger partial charge < -0.3 is 10.7 Å². The van der Waals surface area contributed by atoms with Crippen LogP contribution in [-0.4, -0.2) is 11.0 Å². The number of rotatable bonds is 0. The van der Waals surface area contributed by atoms with Crippen LogP contribution in [0.3, 0.4) is 0 Å². The second-order valence-corrected chi connectivity index (χ2v) is 4.19. The Balaban J connectivity index is 2.19. The summed E-state index contributed by atoms with van der Waals surface area (Å²) in [5.74, 6) is 0. The topological polar surface area (TPSA) is 41.8 Å². The Bertz CT molecular complexity index is 470. The largest absolute Gasteiger partial charge is 0.361 e. The Morgan fingerprint density at radius 1 is 1.29 bits per heavy atom. The molecular weight excluding hydrogens is 172 g/mol. The average Bonchev–Trinajstić information content (AvgIpc) is 2.61. The van der Waals surface area contributed by atoms with Crippen LogP contribution in [0, 0.1) is 0 Å². The first kappa shape index (κ1) is 8.06. The first-order chi connectivity index (χ1) is 6.83. The molecule has 2 heteroatoms. The normalized spacial score (nSPS) is 21.1. The van der Waals surface area contributed by atoms with Crippen molar-refractivity contribution in [2.45, 2.75) is 25.3 Å². The van der Waals surface area contributed by atoms with E-state index in [9.17, 15) is 0 Å². The van der Waals surface area contributed by atoms with Gasteiger partial charge in [-0.15, -0.1) is 0 Å². The molecule has 1 aliphatic rings. The summed E-state index contributed by atoms with van der Waals surface area (Å²) < 4.78 is 0. The van der Waals surface area contributed by atoms with E-state index >= 15 is 0 Å². The van der Waals surface area contributed by atoms with E-state index in [-0.39, 0.29) is 0 Å². The maximum atomic E-state index is 5.96. The SMILES string of the molecule is N[C@H]1CCc2cc3cc[nH]c3cc2C1. The van der Waals surface area contributed by atoms with E-state index in [1.807, 2.05) is 6.20 Å². The molecule has 0 amide bonds. The van der Waals surface area contributed by atoms with Gasteiger partial charge in [0.25, 0.3) is 0 Å². The molecule has 14 heavy (non-hydrogen) atoms. The van der Waals surface area contributed by atoms with Gasteiger partial charge in [0.05, 0.1) is 0 Å². The number of hydrogen-bond donors (Lipinski definition) is 2. The summed E-state index contributed by atoms with van der Waals surface area (Å²) in [4.78, 5) is 3.24. The first-order valence-corrected chi connectivity index (χ1v) is 5.17. The highest BCUT2D eigenvalue weighted by atomic mass is 14.7. The number of aryl methyl sites for hydroxylation is 1. The van der Waals surface area contributed by atoms with Gasteiger partial charge in [-0.05, 0) is 54.0 Å². The van der Waals surface area contributed by atoms with E-state index in [0.29, 0.717) is 6.04 Å². The van der Waals surface area contributed by atoms with Crippen molar-refractivity contribution in [3.63, 3.8) is 0 Å². The third-order valence-electron chi connectivity index (χ3n) is 3.14. The summed E-state index contributed by atoms with van der Waals surface area (Å²) in [6.07, 6.45) is 5.29. The highest BCUT2D eigenvalue weighted by Gasteiger charge is 2.15. The lowest BCUT2D eigenvalue weighted by Crippen LogP contribution is -2.27. The van der Waals surface area contributed by atoms with Gasteiger partial charge in [-0.25, -0.2) is 0 Å². The Morgan fingerprint density at radius 2 is 2.21 bits per heavy atom. The number of nitrogens with two attached hydrogens (primary N) is 1. The summed E-state index contributed by atoms with van der Waals surface area (Å²) in [6, 6.07) is 7.04. The molecule has 1 atom stereocenters. The van der Waals surface area contributed by atoms with Crippen LogP contribution in [0.1, 0.15) is 17.5 Å². The molecule has 0 spiro atoms. The highest BCUT2D eigenvalue weighted by Crippen LogP contribution is 2.25. The summed E-state index contributed by atoms with van der Waals surface area (Å²) in [5.41, 5.74) is 10.1. The minimum Gasteiger partial charge on any atom is -0.361 e. The number of hydrogen-bond acceptors (Lipinski definition) is 1. The molecular formula is C12H14N2. The molecule has 0 bridgehead atoms. The highest BCUT2D eigenvalue weighted by molar-refractivity contribution is 5.81. The molecule has 1 aromatic heterocycles. The number of nitrogens with one attached hydrogen (secondary N) is 1. The zero-order chi connectivity index (χ0) is 9.54. The third-order valence-corrected chi connectivity index (χ3v) is 3.14. The van der Waals surface area contributed by atoms with Crippen molar-refractivity contribution < 1.29 is 0 Å². The monoisotopic (exact) mass is 186 g/mol. The van der Waals surface area contributed by atoms with Crippen LogP contribution in [0.15, 0.2) is 24.4 Å². The fraction of sp³-hybridized carbons (Fsp3) is 0.333. The molecule has 0 unspecified atom stereocenters. The van der Waals surface area contributed by atoms with Gasteiger partial charge in [-0.1, -0.05) is 0 Å². The van der Waals surface area contributed by atoms with Crippen molar-refractivity contribution in [3.8, 4) is 0 Å². The quantitative estimate of drug-likeness (QED) is 0.649. The number of fused-ring (bicyclic) bond motifs is 2. The van der Waals surface area contributed by atoms with Crippen molar-refractivity contribution in [3.05, 3.63) is 35.5 Å². The van der Waals surface area contributed by atoms with Gasteiger partial charge >= 0.3 is 0 Å². The maximum absolute atomic E-state index is 5.96. The molecule has 3 N–H and O–H groups in total. The summed E-state index contributed by atoms with van der Waals surface area (Å²) in [6.45, 7) is 0. The van der Waals surface area contributed by atoms with E-state index in [2.05, 4.69) is 23.2 Å². The number of benzene rings is 1. The van der Waals surface area contributed by atoms with Crippen LogP contribution in [0.4, 0.5) is 0 Å². The molecule has 1 aromatic carbocycles. The van der Waals surface area contributed by atoms with Crippen molar-refractivity contribution in [2.24, 2.45) is 5.73 Å². The standard InChI is InChI=1S/C12H14N2/c13-11-2-1-8-5-9-3-4-14-12(9)7-10(8)6-11/h3-5,7,11,14H,1-2,6,13H2/t11-/m0/s1. The Kier molecular flexibility index (Phi) is 1.64. The van der Waals surface area contributed by atoms with Gasteiger partial charge in [0.1, 0.15) is 0 Å². The second-order valence-electron chi connectivity index (χ2n) is 4.19. The molecule has 1 aliphatic carbocycles. The lowest BCUT2D eigenvalue weighted by molar-refractivity contribution is 0.577. The maximum Gasteiger partial charge on any atom is 0.0456 e. The lowest BCUT2D eigenvalue weighted by atomic mass is 9.88. The van der Waals surface area contributed by atoms with Gasteiger partial charge in [0, 0.05) is 17.8 Å². The number of aromatic nitrogens is 1. The molecule has 3 rings (SSSR count). The Labute approximate surface area is 83.1 Å². The Morgan fingerprint density at radius 3 is 3.14 bits per heavy atom. The first-order valence-electron chi connectivity index (χ1n) is 5.17. The summed E-state index contributed by atoms with van der Waals surface area (Å²) >= 11 is 0. The van der Waals surface area contributed by atoms with Crippen LogP contribution < -0.4 is 5.73 Å². The van der Waals surface area contributed by atoms with Gasteiger partial charge in [-0.2, -0.15) is 0 Å². The predicted molar refractivity (Wildman–Crippen MR) is 58.3 cm³/mol. The third kappa shape index (κ3) is 1.15. The van der Waals surface area contributed by atoms with E-state index < -0.39 is 0 Å². The minimum absolute atomic E-state index is 0.356. The summed E-state index contributed by atoms with van der Waals surface area (Å²) in [7, 11) is 0. The molecule has 0 radical (unpaired) electrons. The van der Waals surface area contributed by atoms with Crippen molar-refractivity contribution in [1.29, 1.82) is 0 Å². The van der Waals surface area contributed by atoms with Crippen LogP contribution in [0.5, 0.6) is 0 Å². The molecule has 2 nitrogen and oxygen atoms in total. The molecule has 0 fully saturated rings. The molecule has 72 valence electrons. The zero-order valence-corrected chi connectivity index (χ0v) is 8.09. The Hall–Kier alpha value is -1.28. The summed E-state index contributed by atoms with van der Waals surface area (Å²) in [5, 5.41) is 1.32. The van der Waals surface area contributed by atoms with Crippen LogP contribution in [-0.2, 0) is 12.8 Å². The number of H-pyrrole nitrogens is 1. The molecule has 2 aromatic rings. The van der Waals surface area contributed by atoms with E-state index in [0.717, 1.165) is 19.3 Å². The molecule has 0 saturated heterocycles. The zero-order valence-electron chi connectivity index (χ0n) is 8.09. The van der Waals surface area contributed by atoms with Gasteiger partial charge in [0.15, 0.2) is 0 Å². The van der Waals surface area contributed by atoms with Gasteiger partial charge in [0.2, 0.25) is 0 Å². The molecule has 0 aliphatic heterocycles. The van der Waals surface area contributed by atoms with Crippen molar-refractivity contribution in [1.82, 2.24) is 4.98 Å². The lowest BCUT2D eigenvalue weighted by Gasteiger charge is -2.21. The molecule has 1 heterocycles. The van der Waals surface area contributed by atoms with E-state index in [1.165, 1.54) is 22.0 Å². The second kappa shape index (κ2) is 2.85. The van der Waals surface area contributed by atoms with E-state index in [1.54, 1.807) is 0 Å². The van der Waals surface area contributed by atoms with E-state index in [4.69, 9.17) is 5.73 Å².